The highest BCUT2D eigenvalue weighted by Crippen LogP contribution is 2.28. The molecule has 120 valence electrons. The second kappa shape index (κ2) is 9.14. The first-order valence-corrected chi connectivity index (χ1v) is 8.35. The van der Waals surface area contributed by atoms with Crippen LogP contribution in [-0.4, -0.2) is 12.1 Å². The normalized spacial score (nSPS) is 19.4. The Bertz CT molecular complexity index is 352. The largest absolute Gasteiger partial charge is 0.325 e. The van der Waals surface area contributed by atoms with Gasteiger partial charge in [0.15, 0.2) is 0 Å². The number of allylic oxidation sites excluding steroid dienone is 3. The van der Waals surface area contributed by atoms with Crippen molar-refractivity contribution in [2.45, 2.75) is 77.2 Å². The minimum Gasteiger partial charge on any atom is -0.325 e. The van der Waals surface area contributed by atoms with Crippen molar-refractivity contribution >= 4 is 0 Å². The second-order valence-corrected chi connectivity index (χ2v) is 7.30. The summed E-state index contributed by atoms with van der Waals surface area (Å²) in [7, 11) is 0. The molecule has 0 unspecified atom stereocenters. The first-order valence-electron chi connectivity index (χ1n) is 8.35. The van der Waals surface area contributed by atoms with Gasteiger partial charge in [-0.05, 0) is 43.9 Å². The van der Waals surface area contributed by atoms with Crippen LogP contribution in [0.3, 0.4) is 0 Å². The predicted molar refractivity (Wildman–Crippen MR) is 91.2 cm³/mol. The molecule has 0 aliphatic heterocycles. The third-order valence-electron chi connectivity index (χ3n) is 4.37. The Labute approximate surface area is 130 Å². The third kappa shape index (κ3) is 8.15. The molecule has 3 heteroatoms. The molecule has 3 nitrogen and oxygen atoms in total. The van der Waals surface area contributed by atoms with Crippen LogP contribution in [0.2, 0.25) is 0 Å². The average molecular weight is 292 g/mol. The maximum atomic E-state index is 10.3. The lowest BCUT2D eigenvalue weighted by Crippen LogP contribution is -2.40. The number of nitroso groups, excluding NO2 is 1. The summed E-state index contributed by atoms with van der Waals surface area (Å²) in [5, 5.41) is 2.99. The van der Waals surface area contributed by atoms with Gasteiger partial charge in [-0.2, -0.15) is 4.91 Å². The molecule has 0 atom stereocenters. The van der Waals surface area contributed by atoms with E-state index < -0.39 is 0 Å². The Kier molecular flexibility index (Phi) is 7.87. The molecule has 1 fully saturated rings. The fourth-order valence-corrected chi connectivity index (χ4v) is 2.85. The highest BCUT2D eigenvalue weighted by molar-refractivity contribution is 4.97. The first-order chi connectivity index (χ1) is 9.97. The van der Waals surface area contributed by atoms with Crippen LogP contribution in [0, 0.1) is 10.3 Å². The number of nitrogens with two attached hydrogens (primary N) is 1. The van der Waals surface area contributed by atoms with E-state index in [0.29, 0.717) is 6.54 Å². The van der Waals surface area contributed by atoms with E-state index in [1.165, 1.54) is 32.1 Å². The molecule has 0 heterocycles. The summed E-state index contributed by atoms with van der Waals surface area (Å²) < 4.78 is 0. The van der Waals surface area contributed by atoms with Crippen LogP contribution in [0.25, 0.3) is 0 Å². The van der Waals surface area contributed by atoms with Crippen molar-refractivity contribution in [2.24, 2.45) is 16.3 Å². The van der Waals surface area contributed by atoms with E-state index in [4.69, 9.17) is 5.73 Å². The van der Waals surface area contributed by atoms with Crippen molar-refractivity contribution in [3.05, 3.63) is 29.2 Å². The van der Waals surface area contributed by atoms with Gasteiger partial charge in [0.2, 0.25) is 0 Å². The van der Waals surface area contributed by atoms with Gasteiger partial charge < -0.3 is 5.73 Å². The monoisotopic (exact) mass is 292 g/mol. The summed E-state index contributed by atoms with van der Waals surface area (Å²) in [6.07, 6.45) is 19.2. The van der Waals surface area contributed by atoms with E-state index in [-0.39, 0.29) is 11.0 Å². The van der Waals surface area contributed by atoms with Gasteiger partial charge in [0.05, 0.1) is 6.54 Å². The van der Waals surface area contributed by atoms with Crippen molar-refractivity contribution in [3.63, 3.8) is 0 Å². The van der Waals surface area contributed by atoms with Crippen LogP contribution < -0.4 is 5.73 Å². The summed E-state index contributed by atoms with van der Waals surface area (Å²) in [4.78, 5) is 10.3. The molecule has 1 aliphatic carbocycles. The number of unbranched alkanes of at least 4 members (excludes halogenated alkanes) is 1. The van der Waals surface area contributed by atoms with Crippen LogP contribution in [0.4, 0.5) is 0 Å². The van der Waals surface area contributed by atoms with Crippen molar-refractivity contribution in [1.82, 2.24) is 0 Å². The van der Waals surface area contributed by atoms with E-state index in [9.17, 15) is 4.91 Å². The smallest absolute Gasteiger partial charge is 0.0865 e. The first kappa shape index (κ1) is 18.1. The standard InChI is InChI=1S/C18H32N2O/c1-17(2,16-20-21)12-8-5-3-4-6-9-13-18(19)14-10-7-11-15-18/h5-6,8-9H,3-4,7,10-16,19H2,1-2H3. The molecule has 1 rings (SSSR count). The molecule has 0 aromatic heterocycles. The minimum absolute atomic E-state index is 0.0129. The van der Waals surface area contributed by atoms with Gasteiger partial charge in [-0.25, -0.2) is 0 Å². The van der Waals surface area contributed by atoms with Crippen molar-refractivity contribution in [1.29, 1.82) is 0 Å². The van der Waals surface area contributed by atoms with Crippen LogP contribution in [-0.2, 0) is 0 Å². The molecule has 0 saturated heterocycles. The number of hydrogen-bond acceptors (Lipinski definition) is 3. The fraction of sp³-hybridized carbons (Fsp3) is 0.778. The van der Waals surface area contributed by atoms with Gasteiger partial charge >= 0.3 is 0 Å². The molecule has 1 saturated carbocycles. The van der Waals surface area contributed by atoms with Crippen LogP contribution in [0.1, 0.15) is 71.6 Å². The summed E-state index contributed by atoms with van der Waals surface area (Å²) in [6, 6.07) is 0. The molecule has 21 heavy (non-hydrogen) atoms. The Morgan fingerprint density at radius 3 is 2.29 bits per heavy atom. The van der Waals surface area contributed by atoms with Gasteiger partial charge in [-0.1, -0.05) is 62.6 Å². The molecular weight excluding hydrogens is 260 g/mol. The van der Waals surface area contributed by atoms with Gasteiger partial charge in [0.25, 0.3) is 0 Å². The highest BCUT2D eigenvalue weighted by Gasteiger charge is 2.25. The lowest BCUT2D eigenvalue weighted by Gasteiger charge is -2.32. The summed E-state index contributed by atoms with van der Waals surface area (Å²) >= 11 is 0. The number of nitrogens with zero attached hydrogens (tertiary/aromatic N) is 1. The quantitative estimate of drug-likeness (QED) is 0.364. The number of hydrogen-bond donors (Lipinski definition) is 1. The van der Waals surface area contributed by atoms with Crippen molar-refractivity contribution in [2.75, 3.05) is 6.54 Å². The zero-order valence-corrected chi connectivity index (χ0v) is 13.8. The Morgan fingerprint density at radius 1 is 1.05 bits per heavy atom. The van der Waals surface area contributed by atoms with Gasteiger partial charge in [-0.15, -0.1) is 0 Å². The Balaban J connectivity index is 2.13. The molecule has 0 bridgehead atoms. The topological polar surface area (TPSA) is 55.4 Å². The molecule has 0 spiro atoms. The van der Waals surface area contributed by atoms with Crippen molar-refractivity contribution in [3.8, 4) is 0 Å². The Morgan fingerprint density at radius 2 is 1.67 bits per heavy atom. The zero-order valence-electron chi connectivity index (χ0n) is 13.8. The van der Waals surface area contributed by atoms with E-state index in [2.05, 4.69) is 43.3 Å². The molecule has 1 aliphatic rings. The van der Waals surface area contributed by atoms with Crippen molar-refractivity contribution < 1.29 is 0 Å². The molecule has 2 N–H and O–H groups in total. The lowest BCUT2D eigenvalue weighted by molar-refractivity contribution is 0.298. The maximum Gasteiger partial charge on any atom is 0.0865 e. The predicted octanol–water partition coefficient (Wildman–Crippen LogP) is 5.11. The molecule has 0 radical (unpaired) electrons. The van der Waals surface area contributed by atoms with Crippen LogP contribution in [0.15, 0.2) is 29.5 Å². The summed E-state index contributed by atoms with van der Waals surface area (Å²) in [6.45, 7) is 4.53. The maximum absolute atomic E-state index is 10.3. The molecule has 0 amide bonds. The average Bonchev–Trinajstić information content (AvgIpc) is 2.42. The van der Waals surface area contributed by atoms with Crippen LogP contribution in [0.5, 0.6) is 0 Å². The minimum atomic E-state index is -0.0129. The highest BCUT2D eigenvalue weighted by atomic mass is 16.3. The molecule has 0 aromatic carbocycles. The van der Waals surface area contributed by atoms with Gasteiger partial charge in [-0.3, -0.25) is 0 Å². The van der Waals surface area contributed by atoms with E-state index >= 15 is 0 Å². The Hall–Kier alpha value is -0.960. The summed E-state index contributed by atoms with van der Waals surface area (Å²) in [5.41, 5.74) is 6.45. The molecular formula is C18H32N2O. The van der Waals surface area contributed by atoms with Gasteiger partial charge in [0, 0.05) is 5.54 Å². The van der Waals surface area contributed by atoms with E-state index in [1.54, 1.807) is 0 Å². The summed E-state index contributed by atoms with van der Waals surface area (Å²) in [5.74, 6) is 0. The molecule has 0 aromatic rings. The fourth-order valence-electron chi connectivity index (χ4n) is 2.85. The SMILES string of the molecule is CC(C)(CC=CCCC=CCC1(N)CCCCC1)CN=O. The van der Waals surface area contributed by atoms with E-state index in [0.717, 1.165) is 25.7 Å². The van der Waals surface area contributed by atoms with E-state index in [1.807, 2.05) is 0 Å². The van der Waals surface area contributed by atoms with Gasteiger partial charge in [0.1, 0.15) is 0 Å². The third-order valence-corrected chi connectivity index (χ3v) is 4.37. The zero-order chi connectivity index (χ0) is 15.6. The number of rotatable bonds is 9. The lowest BCUT2D eigenvalue weighted by atomic mass is 9.80. The van der Waals surface area contributed by atoms with Crippen LogP contribution >= 0.6 is 0 Å². The second-order valence-electron chi connectivity index (χ2n) is 7.30.